The molecule has 0 heterocycles. The first-order valence-electron chi connectivity index (χ1n) is 6.43. The fourth-order valence-corrected chi connectivity index (χ4v) is 2.83. The normalized spacial score (nSPS) is 15.4. The van der Waals surface area contributed by atoms with E-state index in [2.05, 4.69) is 10.6 Å². The zero-order chi connectivity index (χ0) is 14.3. The maximum absolute atomic E-state index is 11.8. The lowest BCUT2D eigenvalue weighted by molar-refractivity contribution is -0.123. The topological polar surface area (TPSA) is 75.3 Å². The molecule has 0 radical (unpaired) electrons. The first-order valence-corrected chi connectivity index (χ1v) is 8.49. The van der Waals surface area contributed by atoms with Gasteiger partial charge in [0, 0.05) is 18.3 Å². The van der Waals surface area contributed by atoms with Crippen LogP contribution in [0.15, 0.2) is 0 Å². The molecule has 108 valence electrons. The Morgan fingerprint density at radius 2 is 1.67 bits per heavy atom. The summed E-state index contributed by atoms with van der Waals surface area (Å²) in [6, 6.07) is -0.434. The van der Waals surface area contributed by atoms with Crippen molar-refractivity contribution in [1.82, 2.24) is 10.6 Å². The molecule has 2 unspecified atom stereocenters. The number of hydrogen-bond donors (Lipinski definition) is 2. The van der Waals surface area contributed by atoms with E-state index in [9.17, 15) is 13.2 Å². The predicted octanol–water partition coefficient (Wildman–Crippen LogP) is 0.702. The zero-order valence-corrected chi connectivity index (χ0v) is 12.8. The third-order valence-corrected chi connectivity index (χ3v) is 3.92. The number of rotatable bonds is 8. The second-order valence-corrected chi connectivity index (χ2v) is 7.09. The highest BCUT2D eigenvalue weighted by molar-refractivity contribution is 7.90. The predicted molar refractivity (Wildman–Crippen MR) is 74.3 cm³/mol. The summed E-state index contributed by atoms with van der Waals surface area (Å²) < 4.78 is 22.2. The molecule has 0 saturated carbocycles. The van der Waals surface area contributed by atoms with Gasteiger partial charge in [0.25, 0.3) is 0 Å². The van der Waals surface area contributed by atoms with Gasteiger partial charge < -0.3 is 10.6 Å². The first-order chi connectivity index (χ1) is 8.19. The van der Waals surface area contributed by atoms with Gasteiger partial charge in [-0.3, -0.25) is 4.79 Å². The van der Waals surface area contributed by atoms with E-state index in [1.165, 1.54) is 6.26 Å². The number of amides is 1. The van der Waals surface area contributed by atoms with Crippen LogP contribution >= 0.6 is 0 Å². The molecule has 1 amide bonds. The molecule has 0 fully saturated rings. The van der Waals surface area contributed by atoms with Crippen LogP contribution in [0.3, 0.4) is 0 Å². The molecular formula is C12H26N2O3S. The van der Waals surface area contributed by atoms with E-state index in [1.54, 1.807) is 13.8 Å². The molecule has 18 heavy (non-hydrogen) atoms. The standard InChI is InChI=1S/C12H26N2O3S/c1-6-11(7-2)14-12(15)10(4)13-9(3)8-18(5,16)17/h9-11,13H,6-8H2,1-5H3,(H,14,15). The molecule has 0 aromatic carbocycles. The van der Waals surface area contributed by atoms with E-state index in [-0.39, 0.29) is 29.8 Å². The van der Waals surface area contributed by atoms with Crippen LogP contribution in [-0.2, 0) is 14.6 Å². The van der Waals surface area contributed by atoms with E-state index in [4.69, 9.17) is 0 Å². The Morgan fingerprint density at radius 1 is 1.17 bits per heavy atom. The summed E-state index contributed by atoms with van der Waals surface area (Å²) in [5, 5.41) is 5.93. The summed E-state index contributed by atoms with van der Waals surface area (Å²) in [5.41, 5.74) is 0. The van der Waals surface area contributed by atoms with Crippen molar-refractivity contribution in [3.8, 4) is 0 Å². The SMILES string of the molecule is CCC(CC)NC(=O)C(C)NC(C)CS(C)(=O)=O. The lowest BCUT2D eigenvalue weighted by Gasteiger charge is -2.22. The van der Waals surface area contributed by atoms with Gasteiger partial charge in [-0.05, 0) is 26.7 Å². The maximum Gasteiger partial charge on any atom is 0.237 e. The molecule has 0 rings (SSSR count). The van der Waals surface area contributed by atoms with Crippen LogP contribution in [-0.4, -0.2) is 44.5 Å². The summed E-state index contributed by atoms with van der Waals surface area (Å²) in [4.78, 5) is 11.8. The third kappa shape index (κ3) is 7.66. The Labute approximate surface area is 111 Å². The van der Waals surface area contributed by atoms with Gasteiger partial charge in [-0.2, -0.15) is 0 Å². The lowest BCUT2D eigenvalue weighted by Crippen LogP contribution is -2.49. The van der Waals surface area contributed by atoms with Crippen molar-refractivity contribution < 1.29 is 13.2 Å². The van der Waals surface area contributed by atoms with Crippen molar-refractivity contribution in [3.05, 3.63) is 0 Å². The van der Waals surface area contributed by atoms with Gasteiger partial charge in [0.1, 0.15) is 9.84 Å². The van der Waals surface area contributed by atoms with Gasteiger partial charge >= 0.3 is 0 Å². The number of carbonyl (C=O) groups is 1. The van der Waals surface area contributed by atoms with Crippen LogP contribution in [0.1, 0.15) is 40.5 Å². The molecule has 5 nitrogen and oxygen atoms in total. The van der Waals surface area contributed by atoms with Crippen LogP contribution in [0.5, 0.6) is 0 Å². The van der Waals surface area contributed by atoms with Crippen molar-refractivity contribution in [2.75, 3.05) is 12.0 Å². The van der Waals surface area contributed by atoms with E-state index < -0.39 is 9.84 Å². The second-order valence-electron chi connectivity index (χ2n) is 4.90. The third-order valence-electron chi connectivity index (χ3n) is 2.81. The van der Waals surface area contributed by atoms with Crippen molar-refractivity contribution in [1.29, 1.82) is 0 Å². The Hall–Kier alpha value is -0.620. The van der Waals surface area contributed by atoms with E-state index in [0.29, 0.717) is 0 Å². The molecule has 0 spiro atoms. The van der Waals surface area contributed by atoms with Gasteiger partial charge in [0.2, 0.25) is 5.91 Å². The summed E-state index contributed by atoms with van der Waals surface area (Å²) in [6.07, 6.45) is 2.99. The molecule has 0 aliphatic heterocycles. The molecular weight excluding hydrogens is 252 g/mol. The molecule has 0 bridgehead atoms. The Morgan fingerprint density at radius 3 is 2.06 bits per heavy atom. The summed E-state index contributed by atoms with van der Waals surface area (Å²) in [7, 11) is -3.02. The molecule has 0 saturated heterocycles. The van der Waals surface area contributed by atoms with Crippen LogP contribution in [0.25, 0.3) is 0 Å². The van der Waals surface area contributed by atoms with Crippen LogP contribution in [0.2, 0.25) is 0 Å². The van der Waals surface area contributed by atoms with Crippen molar-refractivity contribution >= 4 is 15.7 Å². The smallest absolute Gasteiger partial charge is 0.237 e. The van der Waals surface area contributed by atoms with Gasteiger partial charge in [0.05, 0.1) is 11.8 Å². The van der Waals surface area contributed by atoms with Crippen LogP contribution in [0.4, 0.5) is 0 Å². The summed E-state index contributed by atoms with van der Waals surface area (Å²) in [6.45, 7) is 7.57. The number of sulfone groups is 1. The summed E-state index contributed by atoms with van der Waals surface area (Å²) in [5.74, 6) is -0.0423. The lowest BCUT2D eigenvalue weighted by atomic mass is 10.1. The highest BCUT2D eigenvalue weighted by Gasteiger charge is 2.19. The van der Waals surface area contributed by atoms with Crippen molar-refractivity contribution in [2.45, 2.75) is 58.7 Å². The van der Waals surface area contributed by atoms with Gasteiger partial charge in [-0.25, -0.2) is 8.42 Å². The Bertz CT molecular complexity index is 350. The van der Waals surface area contributed by atoms with Gasteiger partial charge in [-0.15, -0.1) is 0 Å². The Kier molecular flexibility index (Phi) is 7.47. The summed E-state index contributed by atoms with van der Waals surface area (Å²) >= 11 is 0. The molecule has 2 N–H and O–H groups in total. The minimum Gasteiger partial charge on any atom is -0.352 e. The fourth-order valence-electron chi connectivity index (χ4n) is 1.82. The molecule has 0 aliphatic carbocycles. The number of nitrogens with one attached hydrogen (secondary N) is 2. The highest BCUT2D eigenvalue weighted by Crippen LogP contribution is 1.98. The number of carbonyl (C=O) groups excluding carboxylic acids is 1. The highest BCUT2D eigenvalue weighted by atomic mass is 32.2. The van der Waals surface area contributed by atoms with Crippen molar-refractivity contribution in [3.63, 3.8) is 0 Å². The van der Waals surface area contributed by atoms with Crippen molar-refractivity contribution in [2.24, 2.45) is 0 Å². The minimum absolute atomic E-state index is 0.0373. The maximum atomic E-state index is 11.8. The molecule has 0 aromatic rings. The fraction of sp³-hybridized carbons (Fsp3) is 0.917. The second kappa shape index (κ2) is 7.74. The zero-order valence-electron chi connectivity index (χ0n) is 12.0. The van der Waals surface area contributed by atoms with Crippen LogP contribution < -0.4 is 10.6 Å². The first kappa shape index (κ1) is 17.4. The molecule has 2 atom stereocenters. The van der Waals surface area contributed by atoms with E-state index in [0.717, 1.165) is 12.8 Å². The average Bonchev–Trinajstić information content (AvgIpc) is 2.22. The molecule has 0 aliphatic rings. The van der Waals surface area contributed by atoms with Gasteiger partial charge in [-0.1, -0.05) is 13.8 Å². The Balaban J connectivity index is 4.23. The van der Waals surface area contributed by atoms with E-state index in [1.807, 2.05) is 13.8 Å². The monoisotopic (exact) mass is 278 g/mol. The largest absolute Gasteiger partial charge is 0.352 e. The van der Waals surface area contributed by atoms with Gasteiger partial charge in [0.15, 0.2) is 0 Å². The molecule has 0 aromatic heterocycles. The quantitative estimate of drug-likeness (QED) is 0.685. The number of hydrogen-bond acceptors (Lipinski definition) is 4. The molecule has 6 heteroatoms. The average molecular weight is 278 g/mol. The van der Waals surface area contributed by atoms with Crippen LogP contribution in [0, 0.1) is 0 Å². The van der Waals surface area contributed by atoms with E-state index >= 15 is 0 Å². The minimum atomic E-state index is -3.02.